The fourth-order valence-electron chi connectivity index (χ4n) is 1.59. The summed E-state index contributed by atoms with van der Waals surface area (Å²) in [7, 11) is 0. The summed E-state index contributed by atoms with van der Waals surface area (Å²) in [6.07, 6.45) is -3.92. The summed E-state index contributed by atoms with van der Waals surface area (Å²) < 4.78 is 51.2. The van der Waals surface area contributed by atoms with Gasteiger partial charge in [0, 0.05) is 16.8 Å². The van der Waals surface area contributed by atoms with Crippen LogP contribution in [0, 0.1) is 5.82 Å². The minimum Gasteiger partial charge on any atom is -0.300 e. The van der Waals surface area contributed by atoms with Crippen LogP contribution in [-0.4, -0.2) is 21.9 Å². The molecule has 0 unspecified atom stereocenters. The normalized spacial score (nSPS) is 11.5. The van der Waals surface area contributed by atoms with Gasteiger partial charge in [-0.2, -0.15) is 18.3 Å². The molecule has 0 aliphatic carbocycles. The standard InChI is InChI=1S/C12H7Cl2F4N3O/c13-7-2-1-3-9(15)6(7)4-21-5-8(14)10(20-21)19-11(22)12(16,17)18/h1-3,5H,4H2,(H,19,20,22). The summed E-state index contributed by atoms with van der Waals surface area (Å²) in [5.74, 6) is -3.28. The molecule has 0 spiro atoms. The van der Waals surface area contributed by atoms with E-state index in [9.17, 15) is 22.4 Å². The number of hydrogen-bond acceptors (Lipinski definition) is 2. The van der Waals surface area contributed by atoms with E-state index < -0.39 is 23.7 Å². The van der Waals surface area contributed by atoms with Crippen molar-refractivity contribution < 1.29 is 22.4 Å². The Morgan fingerprint density at radius 2 is 1.95 bits per heavy atom. The number of alkyl halides is 3. The highest BCUT2D eigenvalue weighted by Crippen LogP contribution is 2.25. The molecule has 1 heterocycles. The van der Waals surface area contributed by atoms with E-state index in [1.165, 1.54) is 23.5 Å². The first-order valence-electron chi connectivity index (χ1n) is 5.72. The number of rotatable bonds is 3. The number of hydrogen-bond donors (Lipinski definition) is 1. The molecule has 4 nitrogen and oxygen atoms in total. The number of carbonyl (C=O) groups excluding carboxylic acids is 1. The molecule has 10 heteroatoms. The minimum absolute atomic E-state index is 0.0945. The molecule has 2 rings (SSSR count). The first-order chi connectivity index (χ1) is 10.2. The highest BCUT2D eigenvalue weighted by atomic mass is 35.5. The second-order valence-electron chi connectivity index (χ2n) is 4.18. The van der Waals surface area contributed by atoms with Gasteiger partial charge >= 0.3 is 12.1 Å². The molecule has 0 saturated heterocycles. The summed E-state index contributed by atoms with van der Waals surface area (Å²) >= 11 is 11.5. The van der Waals surface area contributed by atoms with Gasteiger partial charge in [-0.1, -0.05) is 29.3 Å². The van der Waals surface area contributed by atoms with Gasteiger partial charge in [-0.15, -0.1) is 0 Å². The van der Waals surface area contributed by atoms with E-state index in [4.69, 9.17) is 23.2 Å². The van der Waals surface area contributed by atoms with Gasteiger partial charge in [0.1, 0.15) is 10.8 Å². The zero-order valence-electron chi connectivity index (χ0n) is 10.6. The zero-order chi connectivity index (χ0) is 16.5. The molecule has 118 valence electrons. The summed E-state index contributed by atoms with van der Waals surface area (Å²) in [6.45, 7) is -0.160. The molecule has 1 aromatic heterocycles. The number of benzene rings is 1. The molecule has 0 aliphatic heterocycles. The number of nitrogens with zero attached hydrogens (tertiary/aromatic N) is 2. The van der Waals surface area contributed by atoms with Crippen molar-refractivity contribution in [3.8, 4) is 0 Å². The van der Waals surface area contributed by atoms with Crippen LogP contribution in [0.2, 0.25) is 10.0 Å². The third-order valence-electron chi connectivity index (χ3n) is 2.59. The maximum atomic E-state index is 13.6. The monoisotopic (exact) mass is 355 g/mol. The molecular formula is C12H7Cl2F4N3O. The number of anilines is 1. The number of nitrogens with one attached hydrogen (secondary N) is 1. The number of carbonyl (C=O) groups is 1. The number of aromatic nitrogens is 2. The molecule has 1 amide bonds. The van der Waals surface area contributed by atoms with Gasteiger partial charge in [0.15, 0.2) is 5.82 Å². The maximum absolute atomic E-state index is 13.6. The van der Waals surface area contributed by atoms with Crippen molar-refractivity contribution in [2.45, 2.75) is 12.7 Å². The second-order valence-corrected chi connectivity index (χ2v) is 4.99. The van der Waals surface area contributed by atoms with Gasteiger partial charge in [-0.25, -0.2) is 4.39 Å². The Hall–Kier alpha value is -1.80. The third kappa shape index (κ3) is 3.69. The van der Waals surface area contributed by atoms with Crippen molar-refractivity contribution in [2.75, 3.05) is 5.32 Å². The van der Waals surface area contributed by atoms with Crippen LogP contribution in [0.15, 0.2) is 24.4 Å². The predicted molar refractivity (Wildman–Crippen MR) is 72.4 cm³/mol. The average molecular weight is 356 g/mol. The van der Waals surface area contributed by atoms with E-state index in [-0.39, 0.29) is 22.2 Å². The van der Waals surface area contributed by atoms with Gasteiger partial charge in [0.05, 0.1) is 6.54 Å². The number of amides is 1. The largest absolute Gasteiger partial charge is 0.471 e. The average Bonchev–Trinajstić information content (AvgIpc) is 2.73. The molecule has 0 bridgehead atoms. The Morgan fingerprint density at radius 1 is 1.27 bits per heavy atom. The molecule has 1 aromatic carbocycles. The Balaban J connectivity index is 2.22. The summed E-state index contributed by atoms with van der Waals surface area (Å²) in [4.78, 5) is 10.8. The minimum atomic E-state index is -5.07. The van der Waals surface area contributed by atoms with E-state index in [1.807, 2.05) is 0 Å². The second kappa shape index (κ2) is 6.13. The Labute approximate surface area is 131 Å². The van der Waals surface area contributed by atoms with E-state index >= 15 is 0 Å². The van der Waals surface area contributed by atoms with Gasteiger partial charge in [-0.3, -0.25) is 9.48 Å². The molecule has 0 saturated carbocycles. The van der Waals surface area contributed by atoms with Crippen LogP contribution < -0.4 is 5.32 Å². The van der Waals surface area contributed by atoms with Crippen molar-refractivity contribution in [3.63, 3.8) is 0 Å². The van der Waals surface area contributed by atoms with Crippen LogP contribution >= 0.6 is 23.2 Å². The Bertz CT molecular complexity index is 695. The van der Waals surface area contributed by atoms with Gasteiger partial charge < -0.3 is 5.32 Å². The van der Waals surface area contributed by atoms with Crippen molar-refractivity contribution in [1.82, 2.24) is 9.78 Å². The van der Waals surface area contributed by atoms with Crippen molar-refractivity contribution >= 4 is 34.9 Å². The summed E-state index contributed by atoms with van der Waals surface area (Å²) in [6, 6.07) is 4.04. The van der Waals surface area contributed by atoms with E-state index in [1.54, 1.807) is 0 Å². The quantitative estimate of drug-likeness (QED) is 0.849. The van der Waals surface area contributed by atoms with Crippen molar-refractivity contribution in [2.24, 2.45) is 0 Å². The smallest absolute Gasteiger partial charge is 0.300 e. The van der Waals surface area contributed by atoms with E-state index in [0.717, 1.165) is 10.9 Å². The predicted octanol–water partition coefficient (Wildman–Crippen LogP) is 3.88. The highest BCUT2D eigenvalue weighted by Gasteiger charge is 2.39. The van der Waals surface area contributed by atoms with Crippen molar-refractivity contribution in [3.05, 3.63) is 45.8 Å². The lowest BCUT2D eigenvalue weighted by atomic mass is 10.2. The summed E-state index contributed by atoms with van der Waals surface area (Å²) in [5, 5.41) is 5.11. The molecule has 0 fully saturated rings. The zero-order valence-corrected chi connectivity index (χ0v) is 12.1. The van der Waals surface area contributed by atoms with Crippen LogP contribution in [0.4, 0.5) is 23.4 Å². The SMILES string of the molecule is O=C(Nc1nn(Cc2c(F)cccc2Cl)cc1Cl)C(F)(F)F. The van der Waals surface area contributed by atoms with Gasteiger partial charge in [0.25, 0.3) is 0 Å². The van der Waals surface area contributed by atoms with Crippen molar-refractivity contribution in [1.29, 1.82) is 0 Å². The van der Waals surface area contributed by atoms with Gasteiger partial charge in [-0.05, 0) is 12.1 Å². The van der Waals surface area contributed by atoms with Crippen LogP contribution in [0.3, 0.4) is 0 Å². The Morgan fingerprint density at radius 3 is 2.55 bits per heavy atom. The van der Waals surface area contributed by atoms with Crippen LogP contribution in [0.1, 0.15) is 5.56 Å². The molecule has 0 radical (unpaired) electrons. The fraction of sp³-hybridized carbons (Fsp3) is 0.167. The summed E-state index contributed by atoms with van der Waals surface area (Å²) in [5.41, 5.74) is 0.0945. The van der Waals surface area contributed by atoms with Crippen LogP contribution in [0.25, 0.3) is 0 Å². The highest BCUT2D eigenvalue weighted by molar-refractivity contribution is 6.33. The van der Waals surface area contributed by atoms with Crippen LogP contribution in [0.5, 0.6) is 0 Å². The van der Waals surface area contributed by atoms with E-state index in [0.29, 0.717) is 0 Å². The first-order valence-corrected chi connectivity index (χ1v) is 6.48. The lowest BCUT2D eigenvalue weighted by Crippen LogP contribution is -2.30. The molecular weight excluding hydrogens is 349 g/mol. The molecule has 2 aromatic rings. The molecule has 22 heavy (non-hydrogen) atoms. The molecule has 1 N–H and O–H groups in total. The molecule has 0 atom stereocenters. The van der Waals surface area contributed by atoms with Crippen LogP contribution in [-0.2, 0) is 11.3 Å². The topological polar surface area (TPSA) is 46.9 Å². The first kappa shape index (κ1) is 16.6. The van der Waals surface area contributed by atoms with E-state index in [2.05, 4.69) is 5.10 Å². The lowest BCUT2D eigenvalue weighted by molar-refractivity contribution is -0.167. The maximum Gasteiger partial charge on any atom is 0.471 e. The Kier molecular flexibility index (Phi) is 4.62. The fourth-order valence-corrected chi connectivity index (χ4v) is 2.01. The van der Waals surface area contributed by atoms with Gasteiger partial charge in [0.2, 0.25) is 0 Å². The molecule has 0 aliphatic rings. The lowest BCUT2D eigenvalue weighted by Gasteiger charge is -2.06. The number of halogens is 6. The third-order valence-corrected chi connectivity index (χ3v) is 3.22.